The summed E-state index contributed by atoms with van der Waals surface area (Å²) in [6.07, 6.45) is 0.817. The number of amides is 1. The number of carbonyl (C=O) groups is 1. The van der Waals surface area contributed by atoms with Crippen LogP contribution >= 0.6 is 11.6 Å². The average Bonchev–Trinajstić information content (AvgIpc) is 2.82. The predicted molar refractivity (Wildman–Crippen MR) is 140 cm³/mol. The zero-order valence-corrected chi connectivity index (χ0v) is 21.5. The lowest BCUT2D eigenvalue weighted by Gasteiger charge is -2.37. The normalized spacial score (nSPS) is 16.1. The number of nitrogens with zero attached hydrogens (tertiary/aromatic N) is 1. The third kappa shape index (κ3) is 6.71. The molecule has 190 valence electrons. The SMILES string of the molecule is CC(C)(C)OC(=O)N(C[C@@H](O)c1cccc(Cl)c1)[C@H]1CCc2ccc(Oc3ccc(O)cc3)cc2C1. The fraction of sp³-hybridized carbons (Fsp3) is 0.345. The number of phenols is 1. The molecule has 0 unspecified atom stereocenters. The molecule has 36 heavy (non-hydrogen) atoms. The second-order valence-corrected chi connectivity index (χ2v) is 10.6. The average molecular weight is 510 g/mol. The van der Waals surface area contributed by atoms with E-state index in [9.17, 15) is 15.0 Å². The van der Waals surface area contributed by atoms with Gasteiger partial charge in [0.15, 0.2) is 0 Å². The maximum atomic E-state index is 13.3. The van der Waals surface area contributed by atoms with Crippen LogP contribution in [0.15, 0.2) is 66.7 Å². The number of benzene rings is 3. The Kier molecular flexibility index (Phi) is 7.76. The van der Waals surface area contributed by atoms with Gasteiger partial charge in [-0.15, -0.1) is 0 Å². The summed E-state index contributed by atoms with van der Waals surface area (Å²) < 4.78 is 11.7. The van der Waals surface area contributed by atoms with Crippen LogP contribution in [0.3, 0.4) is 0 Å². The lowest BCUT2D eigenvalue weighted by atomic mass is 9.87. The maximum absolute atomic E-state index is 13.3. The Hall–Kier alpha value is -3.22. The summed E-state index contributed by atoms with van der Waals surface area (Å²) >= 11 is 6.12. The van der Waals surface area contributed by atoms with Crippen molar-refractivity contribution in [1.29, 1.82) is 0 Å². The zero-order valence-electron chi connectivity index (χ0n) is 20.8. The quantitative estimate of drug-likeness (QED) is 0.388. The smallest absolute Gasteiger partial charge is 0.410 e. The van der Waals surface area contributed by atoms with Gasteiger partial charge >= 0.3 is 6.09 Å². The molecule has 6 nitrogen and oxygen atoms in total. The number of fused-ring (bicyclic) bond motifs is 1. The number of carbonyl (C=O) groups excluding carboxylic acids is 1. The first-order chi connectivity index (χ1) is 17.1. The molecule has 0 aliphatic heterocycles. The van der Waals surface area contributed by atoms with Crippen molar-refractivity contribution in [2.24, 2.45) is 0 Å². The number of halogens is 1. The highest BCUT2D eigenvalue weighted by molar-refractivity contribution is 6.30. The van der Waals surface area contributed by atoms with E-state index in [1.165, 1.54) is 5.56 Å². The minimum absolute atomic E-state index is 0.0962. The van der Waals surface area contributed by atoms with Crippen molar-refractivity contribution < 1.29 is 24.5 Å². The van der Waals surface area contributed by atoms with Crippen LogP contribution < -0.4 is 4.74 Å². The second kappa shape index (κ2) is 10.8. The molecule has 2 atom stereocenters. The first-order valence-electron chi connectivity index (χ1n) is 12.1. The van der Waals surface area contributed by atoms with Gasteiger partial charge in [0.05, 0.1) is 12.6 Å². The van der Waals surface area contributed by atoms with Gasteiger partial charge in [-0.05, 0) is 105 Å². The summed E-state index contributed by atoms with van der Waals surface area (Å²) in [5, 5.41) is 21.0. The summed E-state index contributed by atoms with van der Waals surface area (Å²) in [7, 11) is 0. The van der Waals surface area contributed by atoms with Gasteiger partial charge in [-0.2, -0.15) is 0 Å². The van der Waals surface area contributed by atoms with Crippen molar-refractivity contribution in [3.8, 4) is 17.2 Å². The number of ether oxygens (including phenoxy) is 2. The topological polar surface area (TPSA) is 79.2 Å². The van der Waals surface area contributed by atoms with Crippen molar-refractivity contribution in [1.82, 2.24) is 4.90 Å². The van der Waals surface area contributed by atoms with Gasteiger partial charge in [0.2, 0.25) is 0 Å². The molecule has 2 N–H and O–H groups in total. The lowest BCUT2D eigenvalue weighted by Crippen LogP contribution is -2.47. The molecular weight excluding hydrogens is 478 g/mol. The van der Waals surface area contributed by atoms with Gasteiger partial charge in [-0.1, -0.05) is 29.8 Å². The van der Waals surface area contributed by atoms with Crippen LogP contribution in [0.25, 0.3) is 0 Å². The van der Waals surface area contributed by atoms with Gasteiger partial charge in [-0.3, -0.25) is 0 Å². The maximum Gasteiger partial charge on any atom is 0.410 e. The number of phenolic OH excluding ortho intramolecular Hbond substituents is 1. The minimum atomic E-state index is -0.901. The number of aryl methyl sites for hydroxylation is 1. The molecule has 7 heteroatoms. The number of rotatable bonds is 6. The second-order valence-electron chi connectivity index (χ2n) is 10.1. The molecule has 1 aliphatic rings. The highest BCUT2D eigenvalue weighted by Crippen LogP contribution is 2.32. The summed E-state index contributed by atoms with van der Waals surface area (Å²) in [5.74, 6) is 1.49. The van der Waals surface area contributed by atoms with E-state index >= 15 is 0 Å². The highest BCUT2D eigenvalue weighted by atomic mass is 35.5. The van der Waals surface area contributed by atoms with Crippen LogP contribution in [0, 0.1) is 0 Å². The van der Waals surface area contributed by atoms with Gasteiger partial charge in [0.25, 0.3) is 0 Å². The van der Waals surface area contributed by atoms with E-state index in [-0.39, 0.29) is 18.3 Å². The van der Waals surface area contributed by atoms with E-state index in [0.717, 1.165) is 18.4 Å². The van der Waals surface area contributed by atoms with E-state index < -0.39 is 17.8 Å². The molecule has 1 aliphatic carbocycles. The van der Waals surface area contributed by atoms with Crippen molar-refractivity contribution in [2.75, 3.05) is 6.54 Å². The van der Waals surface area contributed by atoms with Crippen LogP contribution in [-0.2, 0) is 17.6 Å². The van der Waals surface area contributed by atoms with Crippen molar-refractivity contribution in [3.63, 3.8) is 0 Å². The molecule has 0 radical (unpaired) electrons. The Morgan fingerprint density at radius 3 is 2.47 bits per heavy atom. The molecule has 3 aromatic rings. The molecule has 0 bridgehead atoms. The third-order valence-corrected chi connectivity index (χ3v) is 6.36. The fourth-order valence-corrected chi connectivity index (χ4v) is 4.59. The third-order valence-electron chi connectivity index (χ3n) is 6.12. The summed E-state index contributed by atoms with van der Waals surface area (Å²) in [4.78, 5) is 14.9. The van der Waals surface area contributed by atoms with E-state index in [1.807, 2.05) is 32.9 Å². The van der Waals surface area contributed by atoms with Gasteiger partial charge in [0, 0.05) is 11.1 Å². The molecule has 3 aromatic carbocycles. The molecule has 0 heterocycles. The first-order valence-corrected chi connectivity index (χ1v) is 12.5. The van der Waals surface area contributed by atoms with E-state index in [2.05, 4.69) is 6.07 Å². The predicted octanol–water partition coefficient (Wildman–Crippen LogP) is 6.67. The van der Waals surface area contributed by atoms with Crippen molar-refractivity contribution in [3.05, 3.63) is 88.4 Å². The summed E-state index contributed by atoms with van der Waals surface area (Å²) in [6.45, 7) is 5.59. The highest BCUT2D eigenvalue weighted by Gasteiger charge is 2.33. The number of hydrogen-bond donors (Lipinski definition) is 2. The Labute approximate surface area is 217 Å². The minimum Gasteiger partial charge on any atom is -0.508 e. The van der Waals surface area contributed by atoms with Gasteiger partial charge < -0.3 is 24.6 Å². The molecule has 4 rings (SSSR count). The number of aliphatic hydroxyl groups is 1. The van der Waals surface area contributed by atoms with Crippen molar-refractivity contribution >= 4 is 17.7 Å². The molecular formula is C29H32ClNO5. The van der Waals surface area contributed by atoms with Crippen LogP contribution in [0.2, 0.25) is 5.02 Å². The number of aromatic hydroxyl groups is 1. The number of aliphatic hydroxyl groups excluding tert-OH is 1. The Morgan fingerprint density at radius 2 is 1.78 bits per heavy atom. The standard InChI is InChI=1S/C29H32ClNO5/c1-29(2,3)36-28(34)31(18-27(33)20-5-4-6-22(30)15-20)23-9-7-19-8-12-26(17-21(19)16-23)35-25-13-10-24(32)11-14-25/h4-6,8,10-15,17,23,27,32-33H,7,9,16,18H2,1-3H3/t23-,27+/m0/s1. The van der Waals surface area contributed by atoms with E-state index in [0.29, 0.717) is 28.5 Å². The number of hydrogen-bond acceptors (Lipinski definition) is 5. The molecule has 0 saturated heterocycles. The van der Waals surface area contributed by atoms with Crippen LogP contribution in [-0.4, -0.2) is 39.4 Å². The van der Waals surface area contributed by atoms with E-state index in [4.69, 9.17) is 21.1 Å². The van der Waals surface area contributed by atoms with Gasteiger partial charge in [0.1, 0.15) is 22.8 Å². The van der Waals surface area contributed by atoms with Crippen LogP contribution in [0.1, 0.15) is 50.0 Å². The Bertz CT molecular complexity index is 1210. The first kappa shape index (κ1) is 25.9. The fourth-order valence-electron chi connectivity index (χ4n) is 4.39. The molecule has 0 aromatic heterocycles. The van der Waals surface area contributed by atoms with Crippen molar-refractivity contribution in [2.45, 2.75) is 57.8 Å². The van der Waals surface area contributed by atoms with Gasteiger partial charge in [-0.25, -0.2) is 4.79 Å². The summed E-state index contributed by atoms with van der Waals surface area (Å²) in [6, 6.07) is 19.4. The molecule has 0 spiro atoms. The Morgan fingerprint density at radius 1 is 1.06 bits per heavy atom. The molecule has 1 amide bonds. The molecule has 0 fully saturated rings. The molecule has 0 saturated carbocycles. The van der Waals surface area contributed by atoms with Crippen LogP contribution in [0.5, 0.6) is 17.2 Å². The lowest BCUT2D eigenvalue weighted by molar-refractivity contribution is 0.00195. The Balaban J connectivity index is 1.55. The van der Waals surface area contributed by atoms with E-state index in [1.54, 1.807) is 53.4 Å². The van der Waals surface area contributed by atoms with Crippen LogP contribution in [0.4, 0.5) is 4.79 Å². The monoisotopic (exact) mass is 509 g/mol. The zero-order chi connectivity index (χ0) is 25.9. The summed E-state index contributed by atoms with van der Waals surface area (Å²) in [5.41, 5.74) is 2.29. The largest absolute Gasteiger partial charge is 0.508 e.